The summed E-state index contributed by atoms with van der Waals surface area (Å²) in [5, 5.41) is 8.92. The summed E-state index contributed by atoms with van der Waals surface area (Å²) in [4.78, 5) is 40.8. The minimum atomic E-state index is -4.14. The molecule has 2 aromatic heterocycles. The van der Waals surface area contributed by atoms with E-state index in [1.165, 1.54) is 44.1 Å². The van der Waals surface area contributed by atoms with Crippen LogP contribution in [-0.4, -0.2) is 99.8 Å². The molecule has 10 rings (SSSR count). The first-order valence-corrected chi connectivity index (χ1v) is 26.9. The Morgan fingerprint density at radius 1 is 0.620 bits per heavy atom. The second kappa shape index (κ2) is 22.5. The van der Waals surface area contributed by atoms with E-state index in [-0.39, 0.29) is 41.4 Å². The van der Waals surface area contributed by atoms with Gasteiger partial charge < -0.3 is 10.8 Å². The van der Waals surface area contributed by atoms with Crippen molar-refractivity contribution in [2.45, 2.75) is 130 Å². The number of rotatable bonds is 14. The van der Waals surface area contributed by atoms with Crippen LogP contribution in [0.3, 0.4) is 0 Å². The number of aromatic nitrogens is 4. The maximum absolute atomic E-state index is 14.3. The van der Waals surface area contributed by atoms with Crippen molar-refractivity contribution < 1.29 is 49.1 Å². The average Bonchev–Trinajstić information content (AvgIpc) is 4.32. The predicted octanol–water partition coefficient (Wildman–Crippen LogP) is 8.09. The van der Waals surface area contributed by atoms with Crippen LogP contribution in [0.5, 0.6) is 0 Å². The summed E-state index contributed by atoms with van der Waals surface area (Å²) in [5.41, 5.74) is 11.7. The Morgan fingerprint density at radius 2 is 1.11 bits per heavy atom. The van der Waals surface area contributed by atoms with Crippen molar-refractivity contribution >= 4 is 31.8 Å². The number of ketones is 1. The monoisotopic (exact) mass is 1020 g/mol. The molecule has 3 aromatic carbocycles. The lowest BCUT2D eigenvalue weighted by Gasteiger charge is -2.28. The maximum atomic E-state index is 14.3. The normalized spacial score (nSPS) is 23.8. The van der Waals surface area contributed by atoms with Gasteiger partial charge in [0.1, 0.15) is 42.7 Å². The average molecular weight is 1020 g/mol. The lowest BCUT2D eigenvalue weighted by Crippen LogP contribution is -2.40. The minimum Gasteiger partial charge on any atom is -0.480 e. The predicted molar refractivity (Wildman–Crippen MR) is 255 cm³/mol. The molecule has 71 heavy (non-hydrogen) atoms. The number of Topliss-reactive ketones (excluding diaryl/α,β-unsaturated/α-hetero) is 1. The van der Waals surface area contributed by atoms with Gasteiger partial charge in [0.15, 0.2) is 5.78 Å². The van der Waals surface area contributed by atoms with Crippen molar-refractivity contribution in [3.8, 4) is 11.3 Å². The first kappa shape index (κ1) is 51.8. The zero-order chi connectivity index (χ0) is 50.5. The molecule has 4 heterocycles. The van der Waals surface area contributed by atoms with Crippen molar-refractivity contribution in [2.24, 2.45) is 17.6 Å². The highest BCUT2D eigenvalue weighted by Crippen LogP contribution is 2.47. The van der Waals surface area contributed by atoms with Crippen LogP contribution in [0.1, 0.15) is 105 Å². The Hall–Kier alpha value is -5.54. The Morgan fingerprint density at radius 3 is 1.63 bits per heavy atom. The van der Waals surface area contributed by atoms with Gasteiger partial charge in [-0.25, -0.2) is 54.3 Å². The quantitative estimate of drug-likeness (QED) is 0.101. The smallest absolute Gasteiger partial charge is 0.322 e. The van der Waals surface area contributed by atoms with Crippen LogP contribution in [0.25, 0.3) is 11.3 Å². The van der Waals surface area contributed by atoms with E-state index in [1.807, 2.05) is 12.1 Å². The molecule has 5 aliphatic rings. The molecule has 0 spiro atoms. The lowest BCUT2D eigenvalue weighted by molar-refractivity contribution is -0.140. The highest BCUT2D eigenvalue weighted by atomic mass is 32.2. The van der Waals surface area contributed by atoms with Gasteiger partial charge in [0.25, 0.3) is 0 Å². The summed E-state index contributed by atoms with van der Waals surface area (Å²) in [7, 11) is -8.25. The summed E-state index contributed by atoms with van der Waals surface area (Å²) < 4.78 is 105. The Balaban J connectivity index is 0.000000158. The number of sulfonamides is 2. The summed E-state index contributed by atoms with van der Waals surface area (Å²) >= 11 is 0. The molecule has 5 fully saturated rings. The number of alkyl halides is 2. The van der Waals surface area contributed by atoms with E-state index in [1.54, 1.807) is 12.7 Å². The van der Waals surface area contributed by atoms with Crippen molar-refractivity contribution in [1.29, 1.82) is 0 Å². The number of carboxylic acids is 1. The summed E-state index contributed by atoms with van der Waals surface area (Å²) in [6, 6.07) is 18.4. The molecule has 14 nitrogen and oxygen atoms in total. The third-order valence-electron chi connectivity index (χ3n) is 13.9. The number of carbonyl (C=O) groups excluding carboxylic acids is 1. The van der Waals surface area contributed by atoms with E-state index in [2.05, 4.69) is 44.2 Å². The minimum absolute atomic E-state index is 0.0672. The largest absolute Gasteiger partial charge is 0.480 e. The molecule has 2 saturated heterocycles. The van der Waals surface area contributed by atoms with Crippen molar-refractivity contribution in [3.05, 3.63) is 132 Å². The molecule has 3 saturated carbocycles. The van der Waals surface area contributed by atoms with Crippen LogP contribution >= 0.6 is 0 Å². The van der Waals surface area contributed by atoms with Crippen LogP contribution in [0.4, 0.5) is 17.6 Å². The first-order valence-electron chi connectivity index (χ1n) is 24.0. The molecule has 3 N–H and O–H groups in total. The molecule has 0 amide bonds. The van der Waals surface area contributed by atoms with Gasteiger partial charge in [-0.15, -0.1) is 0 Å². The van der Waals surface area contributed by atoms with Gasteiger partial charge in [0.05, 0.1) is 27.2 Å². The topological polar surface area (TPSA) is 207 Å². The van der Waals surface area contributed by atoms with Crippen LogP contribution in [-0.2, 0) is 42.6 Å². The standard InChI is InChI=1S/C26H31F2N3O3S.C14H15N3.C11H11F2NO4S/c27-20-7-10-23(11-8-20)35(33,34)31-15-21(28)13-25(31)26(32)12-9-22-14-24(30-16-29-22)19-5-3-18(4-6-19)17-1-2-17;15-8-13-7-14(17-9-16-13)12-5-3-11(4-6-12)10-1-2-10;12-7-1-3-9(4-2-7)19(17,18)14-6-8(13)5-10(14)11(15)16/h7-8,10-11,14,16-19,21,25H,1-6,9,12-13,15H2;3-7,9-10H,1-2,8,15H2;1-4,8,10H,5-6H2,(H,15,16)/t18?,19?,21-,25+;;8-,10+/m1.1/s1. The number of benzene rings is 3. The summed E-state index contributed by atoms with van der Waals surface area (Å²) in [6.45, 7) is -0.427. The highest BCUT2D eigenvalue weighted by molar-refractivity contribution is 7.89. The van der Waals surface area contributed by atoms with Gasteiger partial charge in [-0.05, 0) is 142 Å². The van der Waals surface area contributed by atoms with E-state index in [4.69, 9.17) is 10.8 Å². The fourth-order valence-electron chi connectivity index (χ4n) is 9.70. The van der Waals surface area contributed by atoms with E-state index >= 15 is 0 Å². The first-order chi connectivity index (χ1) is 34.0. The van der Waals surface area contributed by atoms with E-state index in [9.17, 15) is 44.0 Å². The van der Waals surface area contributed by atoms with Crippen LogP contribution in [0.2, 0.25) is 0 Å². The van der Waals surface area contributed by atoms with Crippen molar-refractivity contribution in [3.63, 3.8) is 0 Å². The molecule has 3 aliphatic carbocycles. The van der Waals surface area contributed by atoms with Crippen molar-refractivity contribution in [1.82, 2.24) is 28.5 Å². The zero-order valence-electron chi connectivity index (χ0n) is 38.9. The molecule has 0 radical (unpaired) electrons. The number of hydrogen-bond acceptors (Lipinski definition) is 11. The van der Waals surface area contributed by atoms with E-state index in [0.29, 0.717) is 23.2 Å². The van der Waals surface area contributed by atoms with Crippen molar-refractivity contribution in [2.75, 3.05) is 13.1 Å². The molecule has 0 unspecified atom stereocenters. The highest BCUT2D eigenvalue weighted by Gasteiger charge is 2.45. The third-order valence-corrected chi connectivity index (χ3v) is 17.7. The van der Waals surface area contributed by atoms with Gasteiger partial charge in [0, 0.05) is 61.8 Å². The second-order valence-corrected chi connectivity index (χ2v) is 22.7. The fraction of sp³-hybridized carbons (Fsp3) is 0.451. The van der Waals surface area contributed by atoms with Gasteiger partial charge >= 0.3 is 5.97 Å². The molecule has 378 valence electrons. The fourth-order valence-corrected chi connectivity index (χ4v) is 13.0. The molecule has 2 aliphatic heterocycles. The Bertz CT molecular complexity index is 2870. The molecule has 0 bridgehead atoms. The maximum Gasteiger partial charge on any atom is 0.322 e. The second-order valence-electron chi connectivity index (χ2n) is 18.9. The van der Waals surface area contributed by atoms with Gasteiger partial charge in [0.2, 0.25) is 20.0 Å². The Labute approximate surface area is 411 Å². The number of nitrogens with two attached hydrogens (primary N) is 1. The molecule has 4 atom stereocenters. The van der Waals surface area contributed by atoms with Gasteiger partial charge in [-0.1, -0.05) is 24.3 Å². The molecule has 20 heteroatoms. The molecular weight excluding hydrogens is 963 g/mol. The summed E-state index contributed by atoms with van der Waals surface area (Å²) in [5.74, 6) is 0.112. The number of halogens is 4. The number of carbonyl (C=O) groups is 2. The third kappa shape index (κ3) is 12.9. The van der Waals surface area contributed by atoms with Crippen LogP contribution < -0.4 is 5.73 Å². The van der Waals surface area contributed by atoms with Gasteiger partial charge in [-0.3, -0.25) is 9.59 Å². The Kier molecular flexibility index (Phi) is 16.4. The number of nitrogens with zero attached hydrogens (tertiary/aromatic N) is 6. The number of carboxylic acid groups (broad SMARTS) is 1. The van der Waals surface area contributed by atoms with Crippen LogP contribution in [0.15, 0.2) is 107 Å². The number of aryl methyl sites for hydroxylation is 1. The number of aliphatic carboxylic acids is 1. The lowest BCUT2D eigenvalue weighted by atomic mass is 9.78. The molecular formula is C51H57F4N7O7S2. The number of hydrogen-bond donors (Lipinski definition) is 2. The summed E-state index contributed by atoms with van der Waals surface area (Å²) in [6.07, 6.45) is 10.2. The zero-order valence-corrected chi connectivity index (χ0v) is 40.6. The van der Waals surface area contributed by atoms with E-state index in [0.717, 1.165) is 112 Å². The molecule has 5 aromatic rings. The van der Waals surface area contributed by atoms with Crippen LogP contribution in [0, 0.1) is 23.5 Å². The SMILES string of the molecule is NCc1cc(-c2ccc(C3CC3)cc2)ncn1.O=C(CCc1cc(C2CCC(C3CC3)CC2)ncn1)[C@@H]1C[C@@H](F)CN1S(=O)(=O)c1ccc(F)cc1.O=C(O)[C@@H]1C[C@@H](F)CN1S(=O)(=O)c1ccc(F)cc1. The van der Waals surface area contributed by atoms with E-state index < -0.39 is 68.6 Å². The van der Waals surface area contributed by atoms with Gasteiger partial charge in [-0.2, -0.15) is 8.61 Å².